The minimum Gasteiger partial charge on any atom is -0.491 e. The highest BCUT2D eigenvalue weighted by Crippen LogP contribution is 2.10. The van der Waals surface area contributed by atoms with Crippen molar-refractivity contribution in [3.8, 4) is 5.75 Å². The van der Waals surface area contributed by atoms with Gasteiger partial charge in [-0.15, -0.1) is 0 Å². The number of carbonyl (C=O) groups excluding carboxylic acids is 3. The lowest BCUT2D eigenvalue weighted by molar-refractivity contribution is -0.124. The SMILES string of the molecule is CC(C)[C@H](NC(=O)OCc1ccccc1)C(=O)NCCOCCOCCOCCOc1ccc(C=O)cc1. The minimum atomic E-state index is -0.713. The number of amides is 2. The van der Waals surface area contributed by atoms with Crippen LogP contribution in [-0.2, 0) is 30.3 Å². The van der Waals surface area contributed by atoms with E-state index in [1.807, 2.05) is 44.2 Å². The molecule has 0 aliphatic carbocycles. The molecule has 208 valence electrons. The van der Waals surface area contributed by atoms with Gasteiger partial charge >= 0.3 is 6.09 Å². The number of benzene rings is 2. The number of carbonyl (C=O) groups is 3. The number of nitrogens with one attached hydrogen (secondary N) is 2. The zero-order chi connectivity index (χ0) is 27.4. The van der Waals surface area contributed by atoms with Crippen molar-refractivity contribution in [2.24, 2.45) is 5.92 Å². The van der Waals surface area contributed by atoms with Crippen LogP contribution in [0.4, 0.5) is 4.79 Å². The van der Waals surface area contributed by atoms with Crippen LogP contribution in [-0.4, -0.2) is 77.1 Å². The largest absolute Gasteiger partial charge is 0.491 e. The van der Waals surface area contributed by atoms with Crippen molar-refractivity contribution >= 4 is 18.3 Å². The molecule has 0 aliphatic rings. The van der Waals surface area contributed by atoms with Crippen molar-refractivity contribution in [3.05, 3.63) is 65.7 Å². The van der Waals surface area contributed by atoms with Crippen molar-refractivity contribution in [1.29, 1.82) is 0 Å². The first kappa shape index (κ1) is 30.8. The Bertz CT molecular complexity index is 938. The van der Waals surface area contributed by atoms with E-state index in [-0.39, 0.29) is 18.4 Å². The lowest BCUT2D eigenvalue weighted by Gasteiger charge is -2.21. The van der Waals surface area contributed by atoms with Gasteiger partial charge in [-0.05, 0) is 35.7 Å². The topological polar surface area (TPSA) is 121 Å². The normalized spacial score (nSPS) is 11.6. The summed E-state index contributed by atoms with van der Waals surface area (Å²) >= 11 is 0. The molecule has 10 nitrogen and oxygen atoms in total. The van der Waals surface area contributed by atoms with Crippen molar-refractivity contribution in [2.75, 3.05) is 52.8 Å². The molecule has 0 bridgehead atoms. The summed E-state index contributed by atoms with van der Waals surface area (Å²) in [5.74, 6) is 0.272. The van der Waals surface area contributed by atoms with Gasteiger partial charge in [0.2, 0.25) is 5.91 Å². The number of rotatable bonds is 19. The maximum Gasteiger partial charge on any atom is 0.408 e. The Morgan fingerprint density at radius 3 is 2.03 bits per heavy atom. The van der Waals surface area contributed by atoms with Gasteiger partial charge in [-0.2, -0.15) is 0 Å². The molecule has 0 radical (unpaired) electrons. The van der Waals surface area contributed by atoms with Crippen LogP contribution >= 0.6 is 0 Å². The highest BCUT2D eigenvalue weighted by molar-refractivity contribution is 5.85. The van der Waals surface area contributed by atoms with E-state index in [0.29, 0.717) is 64.1 Å². The predicted octanol–water partition coefficient (Wildman–Crippen LogP) is 2.99. The second-order valence-corrected chi connectivity index (χ2v) is 8.59. The van der Waals surface area contributed by atoms with Crippen LogP contribution in [0.1, 0.15) is 29.8 Å². The van der Waals surface area contributed by atoms with E-state index in [9.17, 15) is 14.4 Å². The Hall–Kier alpha value is -3.47. The molecular formula is C28H38N2O8. The van der Waals surface area contributed by atoms with E-state index < -0.39 is 12.1 Å². The zero-order valence-electron chi connectivity index (χ0n) is 22.1. The summed E-state index contributed by atoms with van der Waals surface area (Å²) < 4.78 is 27.1. The number of hydrogen-bond donors (Lipinski definition) is 2. The van der Waals surface area contributed by atoms with Gasteiger partial charge in [-0.1, -0.05) is 44.2 Å². The molecule has 0 saturated heterocycles. The first-order chi connectivity index (χ1) is 18.5. The first-order valence-electron chi connectivity index (χ1n) is 12.7. The third kappa shape index (κ3) is 13.2. The lowest BCUT2D eigenvalue weighted by Crippen LogP contribution is -2.50. The van der Waals surface area contributed by atoms with Crippen LogP contribution in [0.25, 0.3) is 0 Å². The van der Waals surface area contributed by atoms with Crippen LogP contribution in [0.15, 0.2) is 54.6 Å². The molecule has 0 unspecified atom stereocenters. The molecule has 0 aromatic heterocycles. The van der Waals surface area contributed by atoms with E-state index >= 15 is 0 Å². The Labute approximate surface area is 223 Å². The summed E-state index contributed by atoms with van der Waals surface area (Å²) in [6.45, 7) is 6.92. The molecule has 2 aromatic rings. The van der Waals surface area contributed by atoms with E-state index in [4.69, 9.17) is 23.7 Å². The Morgan fingerprint density at radius 1 is 0.816 bits per heavy atom. The molecule has 2 aromatic carbocycles. The van der Waals surface area contributed by atoms with E-state index in [0.717, 1.165) is 11.8 Å². The van der Waals surface area contributed by atoms with Gasteiger partial charge in [-0.25, -0.2) is 4.79 Å². The zero-order valence-corrected chi connectivity index (χ0v) is 22.1. The fourth-order valence-electron chi connectivity index (χ4n) is 3.19. The second kappa shape index (κ2) is 18.7. The summed E-state index contributed by atoms with van der Waals surface area (Å²) in [6.07, 6.45) is 0.144. The molecule has 38 heavy (non-hydrogen) atoms. The number of alkyl carbamates (subject to hydrolysis) is 1. The molecular weight excluding hydrogens is 492 g/mol. The molecule has 2 N–H and O–H groups in total. The summed E-state index contributed by atoms with van der Waals surface area (Å²) in [5, 5.41) is 5.40. The molecule has 0 saturated carbocycles. The lowest BCUT2D eigenvalue weighted by atomic mass is 10.0. The van der Waals surface area contributed by atoms with E-state index in [2.05, 4.69) is 10.6 Å². The van der Waals surface area contributed by atoms with E-state index in [1.54, 1.807) is 24.3 Å². The van der Waals surface area contributed by atoms with Gasteiger partial charge in [0.05, 0.1) is 39.6 Å². The third-order valence-electron chi connectivity index (χ3n) is 5.24. The van der Waals surface area contributed by atoms with Crippen molar-refractivity contribution < 1.29 is 38.1 Å². The minimum absolute atomic E-state index is 0.114. The van der Waals surface area contributed by atoms with Crippen molar-refractivity contribution in [3.63, 3.8) is 0 Å². The standard InChI is InChI=1S/C28H38N2O8/c1-22(2)26(30-28(33)38-21-24-6-4-3-5-7-24)27(32)29-12-13-34-14-15-35-16-17-36-18-19-37-25-10-8-23(20-31)9-11-25/h3-11,20,22,26H,12-19,21H2,1-2H3,(H,29,32)(H,30,33)/t26-/m0/s1. The van der Waals surface area contributed by atoms with Crippen molar-refractivity contribution in [2.45, 2.75) is 26.5 Å². The third-order valence-corrected chi connectivity index (χ3v) is 5.24. The summed E-state index contributed by atoms with van der Waals surface area (Å²) in [5.41, 5.74) is 1.47. The molecule has 0 aliphatic heterocycles. The molecule has 0 fully saturated rings. The quantitative estimate of drug-likeness (QED) is 0.210. The summed E-state index contributed by atoms with van der Waals surface area (Å²) in [6, 6.07) is 15.5. The van der Waals surface area contributed by atoms with Gasteiger partial charge < -0.3 is 34.3 Å². The monoisotopic (exact) mass is 530 g/mol. The van der Waals surface area contributed by atoms with Crippen LogP contribution < -0.4 is 15.4 Å². The maximum absolute atomic E-state index is 12.5. The highest BCUT2D eigenvalue weighted by Gasteiger charge is 2.24. The molecule has 2 rings (SSSR count). The summed E-state index contributed by atoms with van der Waals surface area (Å²) in [7, 11) is 0. The number of hydrogen-bond acceptors (Lipinski definition) is 8. The van der Waals surface area contributed by atoms with Crippen molar-refractivity contribution in [1.82, 2.24) is 10.6 Å². The van der Waals surface area contributed by atoms with Gasteiger partial charge in [-0.3, -0.25) is 9.59 Å². The molecule has 0 spiro atoms. The first-order valence-corrected chi connectivity index (χ1v) is 12.7. The highest BCUT2D eigenvalue weighted by atomic mass is 16.6. The summed E-state index contributed by atoms with van der Waals surface area (Å²) in [4.78, 5) is 35.2. The second-order valence-electron chi connectivity index (χ2n) is 8.59. The molecule has 2 amide bonds. The fourth-order valence-corrected chi connectivity index (χ4v) is 3.19. The smallest absolute Gasteiger partial charge is 0.408 e. The average Bonchev–Trinajstić information content (AvgIpc) is 2.93. The average molecular weight is 531 g/mol. The van der Waals surface area contributed by atoms with Crippen LogP contribution in [0.2, 0.25) is 0 Å². The van der Waals surface area contributed by atoms with Crippen LogP contribution in [0.3, 0.4) is 0 Å². The van der Waals surface area contributed by atoms with Gasteiger partial charge in [0, 0.05) is 12.1 Å². The van der Waals surface area contributed by atoms with E-state index in [1.165, 1.54) is 0 Å². The molecule has 10 heteroatoms. The number of ether oxygens (including phenoxy) is 5. The Morgan fingerprint density at radius 2 is 1.42 bits per heavy atom. The molecule has 0 heterocycles. The fraction of sp³-hybridized carbons (Fsp3) is 0.464. The van der Waals surface area contributed by atoms with Gasteiger partial charge in [0.15, 0.2) is 0 Å². The number of aldehydes is 1. The Balaban J connectivity index is 1.44. The van der Waals surface area contributed by atoms with Gasteiger partial charge in [0.25, 0.3) is 0 Å². The van der Waals surface area contributed by atoms with Crippen LogP contribution in [0.5, 0.6) is 5.75 Å². The Kier molecular flexibility index (Phi) is 15.2. The maximum atomic E-state index is 12.5. The van der Waals surface area contributed by atoms with Crippen LogP contribution in [0, 0.1) is 5.92 Å². The predicted molar refractivity (Wildman–Crippen MR) is 141 cm³/mol. The molecule has 1 atom stereocenters. The van der Waals surface area contributed by atoms with Gasteiger partial charge in [0.1, 0.15) is 31.3 Å².